The van der Waals surface area contributed by atoms with Gasteiger partial charge in [0.25, 0.3) is 0 Å². The minimum Gasteiger partial charge on any atom is -0.393 e. The van der Waals surface area contributed by atoms with Gasteiger partial charge in [0.2, 0.25) is 0 Å². The van der Waals surface area contributed by atoms with Crippen molar-refractivity contribution in [2.45, 2.75) is 25.4 Å². The van der Waals surface area contributed by atoms with Crippen molar-refractivity contribution in [1.82, 2.24) is 0 Å². The van der Waals surface area contributed by atoms with Gasteiger partial charge in [-0.25, -0.2) is 0 Å². The fourth-order valence-corrected chi connectivity index (χ4v) is 1.10. The van der Waals surface area contributed by atoms with Crippen LogP contribution >= 0.6 is 0 Å². The molecule has 2 nitrogen and oxygen atoms in total. The minimum atomic E-state index is -0.0291. The Kier molecular flexibility index (Phi) is 1.86. The molecule has 0 saturated heterocycles. The quantitative estimate of drug-likeness (QED) is 0.536. The fourth-order valence-electron chi connectivity index (χ4n) is 1.10. The van der Waals surface area contributed by atoms with Gasteiger partial charge in [0.05, 0.1) is 6.10 Å². The summed E-state index contributed by atoms with van der Waals surface area (Å²) in [5.41, 5.74) is 5.29. The maximum absolute atomic E-state index is 8.98. The zero-order chi connectivity index (χ0) is 5.98. The lowest BCUT2D eigenvalue weighted by atomic mass is 9.80. The normalized spacial score (nSPS) is 36.8. The number of aliphatic hydroxyl groups excluding tert-OH is 1. The van der Waals surface area contributed by atoms with Crippen molar-refractivity contribution in [2.24, 2.45) is 11.7 Å². The highest BCUT2D eigenvalue weighted by Crippen LogP contribution is 2.29. The highest BCUT2D eigenvalue weighted by molar-refractivity contribution is 4.79. The number of hydrogen-bond donors (Lipinski definition) is 2. The predicted octanol–water partition coefficient (Wildman–Crippen LogP) is 0.106. The molecule has 2 unspecified atom stereocenters. The van der Waals surface area contributed by atoms with Crippen molar-refractivity contribution in [1.29, 1.82) is 0 Å². The molecule has 0 amide bonds. The van der Waals surface area contributed by atoms with Crippen LogP contribution in [0.1, 0.15) is 19.3 Å². The molecule has 1 saturated carbocycles. The summed E-state index contributed by atoms with van der Waals surface area (Å²) < 4.78 is 0. The van der Waals surface area contributed by atoms with Gasteiger partial charge in [-0.05, 0) is 31.7 Å². The van der Waals surface area contributed by atoms with Gasteiger partial charge in [-0.15, -0.1) is 0 Å². The average Bonchev–Trinajstić information content (AvgIpc) is 1.79. The van der Waals surface area contributed by atoms with E-state index in [1.54, 1.807) is 0 Å². The monoisotopic (exact) mass is 115 g/mol. The van der Waals surface area contributed by atoms with Crippen LogP contribution in [-0.4, -0.2) is 17.8 Å². The van der Waals surface area contributed by atoms with Gasteiger partial charge < -0.3 is 10.8 Å². The Bertz CT molecular complexity index is 74.9. The Morgan fingerprint density at radius 3 is 2.38 bits per heavy atom. The largest absolute Gasteiger partial charge is 0.393 e. The molecular formula is C6H13NO. The van der Waals surface area contributed by atoms with Gasteiger partial charge in [-0.1, -0.05) is 0 Å². The zero-order valence-corrected chi connectivity index (χ0v) is 5.01. The van der Waals surface area contributed by atoms with Crippen LogP contribution in [0.4, 0.5) is 0 Å². The molecule has 1 aliphatic carbocycles. The van der Waals surface area contributed by atoms with Crippen molar-refractivity contribution in [3.8, 4) is 0 Å². The van der Waals surface area contributed by atoms with Crippen LogP contribution in [-0.2, 0) is 0 Å². The summed E-state index contributed by atoms with van der Waals surface area (Å²) in [4.78, 5) is 0. The van der Waals surface area contributed by atoms with Crippen LogP contribution in [0.15, 0.2) is 0 Å². The molecule has 3 N–H and O–H groups in total. The molecular weight excluding hydrogens is 102 g/mol. The van der Waals surface area contributed by atoms with E-state index >= 15 is 0 Å². The SMILES string of the molecule is NCCC1CCC1O. The first-order chi connectivity index (χ1) is 3.84. The van der Waals surface area contributed by atoms with Gasteiger partial charge in [-0.3, -0.25) is 0 Å². The van der Waals surface area contributed by atoms with E-state index in [1.165, 1.54) is 6.42 Å². The lowest BCUT2D eigenvalue weighted by molar-refractivity contribution is 0.0209. The summed E-state index contributed by atoms with van der Waals surface area (Å²) in [6, 6.07) is 0. The standard InChI is InChI=1S/C6H13NO/c7-4-3-5-1-2-6(5)8/h5-6,8H,1-4,7H2. The number of aliphatic hydroxyl groups is 1. The fraction of sp³-hybridized carbons (Fsp3) is 1.00. The number of rotatable bonds is 2. The average molecular weight is 115 g/mol. The van der Waals surface area contributed by atoms with Crippen molar-refractivity contribution >= 4 is 0 Å². The van der Waals surface area contributed by atoms with Gasteiger partial charge in [0.1, 0.15) is 0 Å². The Balaban J connectivity index is 2.08. The van der Waals surface area contributed by atoms with E-state index in [-0.39, 0.29) is 6.10 Å². The molecule has 1 rings (SSSR count). The van der Waals surface area contributed by atoms with Crippen molar-refractivity contribution in [3.63, 3.8) is 0 Å². The molecule has 48 valence electrons. The third-order valence-corrected chi connectivity index (χ3v) is 1.91. The molecule has 1 fully saturated rings. The van der Waals surface area contributed by atoms with E-state index in [1.807, 2.05) is 0 Å². The first kappa shape index (κ1) is 6.05. The molecule has 2 heteroatoms. The summed E-state index contributed by atoms with van der Waals surface area (Å²) in [5.74, 6) is 0.528. The lowest BCUT2D eigenvalue weighted by Gasteiger charge is -2.31. The molecule has 1 aliphatic rings. The van der Waals surface area contributed by atoms with Crippen LogP contribution < -0.4 is 5.73 Å². The van der Waals surface area contributed by atoms with Crippen LogP contribution in [0, 0.1) is 5.92 Å². The van der Waals surface area contributed by atoms with Crippen LogP contribution in [0.5, 0.6) is 0 Å². The first-order valence-electron chi connectivity index (χ1n) is 3.22. The molecule has 8 heavy (non-hydrogen) atoms. The third-order valence-electron chi connectivity index (χ3n) is 1.91. The van der Waals surface area contributed by atoms with Gasteiger partial charge in [-0.2, -0.15) is 0 Å². The maximum atomic E-state index is 8.98. The molecule has 2 atom stereocenters. The van der Waals surface area contributed by atoms with Crippen molar-refractivity contribution in [3.05, 3.63) is 0 Å². The molecule has 0 aliphatic heterocycles. The summed E-state index contributed by atoms with van der Waals surface area (Å²) in [5, 5.41) is 8.98. The predicted molar refractivity (Wildman–Crippen MR) is 32.4 cm³/mol. The Morgan fingerprint density at radius 1 is 1.50 bits per heavy atom. The van der Waals surface area contributed by atoms with Crippen molar-refractivity contribution in [2.75, 3.05) is 6.54 Å². The first-order valence-corrected chi connectivity index (χ1v) is 3.22. The molecule has 0 heterocycles. The minimum absolute atomic E-state index is 0.0291. The van der Waals surface area contributed by atoms with Crippen LogP contribution in [0.25, 0.3) is 0 Å². The molecule has 0 spiro atoms. The second kappa shape index (κ2) is 2.46. The lowest BCUT2D eigenvalue weighted by Crippen LogP contribution is -2.32. The van der Waals surface area contributed by atoms with E-state index in [0.717, 1.165) is 19.4 Å². The van der Waals surface area contributed by atoms with E-state index in [0.29, 0.717) is 5.92 Å². The van der Waals surface area contributed by atoms with Crippen molar-refractivity contribution < 1.29 is 5.11 Å². The molecule has 0 aromatic carbocycles. The Labute approximate surface area is 49.7 Å². The second-order valence-electron chi connectivity index (χ2n) is 2.48. The number of hydrogen-bond acceptors (Lipinski definition) is 2. The smallest absolute Gasteiger partial charge is 0.0569 e. The summed E-state index contributed by atoms with van der Waals surface area (Å²) >= 11 is 0. The Morgan fingerprint density at radius 2 is 2.25 bits per heavy atom. The Hall–Kier alpha value is -0.0800. The van der Waals surface area contributed by atoms with E-state index < -0.39 is 0 Å². The second-order valence-corrected chi connectivity index (χ2v) is 2.48. The van der Waals surface area contributed by atoms with Gasteiger partial charge >= 0.3 is 0 Å². The summed E-state index contributed by atoms with van der Waals surface area (Å²) in [6.07, 6.45) is 3.14. The molecule has 0 bridgehead atoms. The van der Waals surface area contributed by atoms with E-state index in [2.05, 4.69) is 0 Å². The van der Waals surface area contributed by atoms with Gasteiger partial charge in [0.15, 0.2) is 0 Å². The van der Waals surface area contributed by atoms with Crippen LogP contribution in [0.3, 0.4) is 0 Å². The number of nitrogens with two attached hydrogens (primary N) is 1. The van der Waals surface area contributed by atoms with Crippen LogP contribution in [0.2, 0.25) is 0 Å². The topological polar surface area (TPSA) is 46.2 Å². The summed E-state index contributed by atoms with van der Waals surface area (Å²) in [6.45, 7) is 0.724. The van der Waals surface area contributed by atoms with Gasteiger partial charge in [0, 0.05) is 0 Å². The highest BCUT2D eigenvalue weighted by Gasteiger charge is 2.27. The van der Waals surface area contributed by atoms with E-state index in [4.69, 9.17) is 10.8 Å². The molecule has 0 aromatic rings. The highest BCUT2D eigenvalue weighted by atomic mass is 16.3. The molecule has 0 radical (unpaired) electrons. The zero-order valence-electron chi connectivity index (χ0n) is 5.01. The van der Waals surface area contributed by atoms with E-state index in [9.17, 15) is 0 Å². The maximum Gasteiger partial charge on any atom is 0.0569 e. The third kappa shape index (κ3) is 1.01. The summed E-state index contributed by atoms with van der Waals surface area (Å²) in [7, 11) is 0. The molecule has 0 aromatic heterocycles.